The van der Waals surface area contributed by atoms with Gasteiger partial charge in [0, 0.05) is 25.1 Å². The molecule has 2 aromatic rings. The molecule has 0 unspecified atom stereocenters. The number of aromatic nitrogens is 2. The molecule has 0 bridgehead atoms. The van der Waals surface area contributed by atoms with E-state index in [4.69, 9.17) is 0 Å². The van der Waals surface area contributed by atoms with E-state index in [0.29, 0.717) is 22.4 Å². The lowest BCUT2D eigenvalue weighted by atomic mass is 10.3. The van der Waals surface area contributed by atoms with Gasteiger partial charge in [0.2, 0.25) is 0 Å². The van der Waals surface area contributed by atoms with Crippen LogP contribution in [0.1, 0.15) is 5.69 Å². The summed E-state index contributed by atoms with van der Waals surface area (Å²) in [5, 5.41) is 2.67. The van der Waals surface area contributed by atoms with Crippen molar-refractivity contribution in [2.24, 2.45) is 0 Å². The molecular weight excluding hydrogens is 327 g/mol. The van der Waals surface area contributed by atoms with Gasteiger partial charge < -0.3 is 10.2 Å². The molecule has 0 spiro atoms. The van der Waals surface area contributed by atoms with Crippen LogP contribution in [0.15, 0.2) is 41.3 Å². The maximum Gasteiger partial charge on any atom is 0.321 e. The molecule has 5 nitrogen and oxygen atoms in total. The number of urea groups is 1. The van der Waals surface area contributed by atoms with E-state index >= 15 is 0 Å². The lowest BCUT2D eigenvalue weighted by Crippen LogP contribution is -2.31. The number of carbonyl (C=O) groups excluding carboxylic acids is 1. The van der Waals surface area contributed by atoms with Crippen LogP contribution in [0.4, 0.5) is 14.9 Å². The fourth-order valence-electron chi connectivity index (χ4n) is 1.52. The topological polar surface area (TPSA) is 58.1 Å². The number of benzene rings is 1. The van der Waals surface area contributed by atoms with Crippen LogP contribution in [0.25, 0.3) is 0 Å². The van der Waals surface area contributed by atoms with Crippen molar-refractivity contribution < 1.29 is 9.18 Å². The summed E-state index contributed by atoms with van der Waals surface area (Å²) < 4.78 is 13.4. The van der Waals surface area contributed by atoms with E-state index in [-0.39, 0.29) is 11.8 Å². The fraction of sp³-hybridized carbons (Fsp3) is 0.154. The molecule has 0 aliphatic carbocycles. The monoisotopic (exact) mass is 338 g/mol. The summed E-state index contributed by atoms with van der Waals surface area (Å²) in [4.78, 5) is 21.5. The highest BCUT2D eigenvalue weighted by atomic mass is 79.9. The van der Waals surface area contributed by atoms with Crippen molar-refractivity contribution in [1.29, 1.82) is 0 Å². The normalized spacial score (nSPS) is 10.2. The van der Waals surface area contributed by atoms with Gasteiger partial charge in [0.05, 0.1) is 22.9 Å². The second-order valence-corrected chi connectivity index (χ2v) is 4.97. The van der Waals surface area contributed by atoms with Crippen molar-refractivity contribution in [1.82, 2.24) is 14.9 Å². The van der Waals surface area contributed by atoms with E-state index in [0.717, 1.165) is 0 Å². The van der Waals surface area contributed by atoms with Crippen molar-refractivity contribution in [3.63, 3.8) is 0 Å². The van der Waals surface area contributed by atoms with Gasteiger partial charge in [-0.2, -0.15) is 0 Å². The van der Waals surface area contributed by atoms with Crippen molar-refractivity contribution in [3.05, 3.63) is 52.8 Å². The minimum absolute atomic E-state index is 0.298. The first kappa shape index (κ1) is 14.4. The van der Waals surface area contributed by atoms with Gasteiger partial charge in [0.25, 0.3) is 0 Å². The number of halogens is 2. The number of hydrogen-bond acceptors (Lipinski definition) is 3. The summed E-state index contributed by atoms with van der Waals surface area (Å²) in [6.45, 7) is 0.335. The number of rotatable bonds is 3. The zero-order valence-corrected chi connectivity index (χ0v) is 12.3. The van der Waals surface area contributed by atoms with Crippen LogP contribution in [0, 0.1) is 5.82 Å². The number of hydrogen-bond donors (Lipinski definition) is 1. The van der Waals surface area contributed by atoms with E-state index in [9.17, 15) is 9.18 Å². The Morgan fingerprint density at radius 2 is 2.25 bits per heavy atom. The van der Waals surface area contributed by atoms with Crippen LogP contribution in [-0.4, -0.2) is 27.9 Å². The lowest BCUT2D eigenvalue weighted by molar-refractivity contribution is 0.220. The average Bonchev–Trinajstić information content (AvgIpc) is 2.44. The van der Waals surface area contributed by atoms with Crippen LogP contribution < -0.4 is 5.32 Å². The maximum absolute atomic E-state index is 13.1. The Balaban J connectivity index is 1.99. The predicted molar refractivity (Wildman–Crippen MR) is 76.6 cm³/mol. The van der Waals surface area contributed by atoms with Crippen LogP contribution in [0.3, 0.4) is 0 Å². The van der Waals surface area contributed by atoms with Gasteiger partial charge >= 0.3 is 6.03 Å². The van der Waals surface area contributed by atoms with E-state index in [2.05, 4.69) is 31.2 Å². The van der Waals surface area contributed by atoms with Crippen molar-refractivity contribution in [2.45, 2.75) is 6.54 Å². The molecule has 20 heavy (non-hydrogen) atoms. The Morgan fingerprint density at radius 1 is 1.45 bits per heavy atom. The number of nitrogens with one attached hydrogen (secondary N) is 1. The second-order valence-electron chi connectivity index (χ2n) is 4.11. The van der Waals surface area contributed by atoms with Gasteiger partial charge in [-0.15, -0.1) is 0 Å². The second kappa shape index (κ2) is 6.42. The zero-order valence-electron chi connectivity index (χ0n) is 10.7. The molecule has 0 saturated heterocycles. The molecule has 0 fully saturated rings. The summed E-state index contributed by atoms with van der Waals surface area (Å²) >= 11 is 3.07. The van der Waals surface area contributed by atoms with Crippen molar-refractivity contribution in [2.75, 3.05) is 12.4 Å². The number of nitrogens with zero attached hydrogens (tertiary/aromatic N) is 3. The fourth-order valence-corrected chi connectivity index (χ4v) is 1.90. The molecule has 1 aromatic carbocycles. The number of amides is 2. The zero-order chi connectivity index (χ0) is 14.5. The Bertz CT molecular complexity index is 609. The highest BCUT2D eigenvalue weighted by Gasteiger charge is 2.11. The third kappa shape index (κ3) is 3.74. The molecule has 1 heterocycles. The highest BCUT2D eigenvalue weighted by molar-refractivity contribution is 9.10. The Morgan fingerprint density at radius 3 is 2.90 bits per heavy atom. The van der Waals surface area contributed by atoms with Crippen LogP contribution in [0.2, 0.25) is 0 Å². The molecule has 7 heteroatoms. The van der Waals surface area contributed by atoms with E-state index < -0.39 is 0 Å². The minimum atomic E-state index is -0.379. The SMILES string of the molecule is CN(Cc1cnccn1)C(=O)Nc1ccc(F)c(Br)c1. The summed E-state index contributed by atoms with van der Waals surface area (Å²) in [5.74, 6) is -0.379. The smallest absolute Gasteiger partial charge is 0.321 e. The van der Waals surface area contributed by atoms with Crippen molar-refractivity contribution >= 4 is 27.6 Å². The van der Waals surface area contributed by atoms with Gasteiger partial charge in [-0.1, -0.05) is 0 Å². The summed E-state index contributed by atoms with van der Waals surface area (Å²) in [6.07, 6.45) is 4.73. The Hall–Kier alpha value is -2.02. The number of anilines is 1. The molecular formula is C13H12BrFN4O. The Labute approximate surface area is 124 Å². The predicted octanol–water partition coefficient (Wildman–Crippen LogP) is 3.04. The maximum atomic E-state index is 13.1. The van der Waals surface area contributed by atoms with Gasteiger partial charge in [0.1, 0.15) is 5.82 Å². The minimum Gasteiger partial charge on any atom is -0.322 e. The van der Waals surface area contributed by atoms with Gasteiger partial charge in [0.15, 0.2) is 0 Å². The summed E-state index contributed by atoms with van der Waals surface area (Å²) in [7, 11) is 1.64. The third-order valence-corrected chi connectivity index (χ3v) is 3.14. The highest BCUT2D eigenvalue weighted by Crippen LogP contribution is 2.20. The standard InChI is InChI=1S/C13H12BrFN4O/c1-19(8-10-7-16-4-5-17-10)13(20)18-9-2-3-12(15)11(14)6-9/h2-7H,8H2,1H3,(H,18,20). The van der Waals surface area contributed by atoms with Crippen molar-refractivity contribution in [3.8, 4) is 0 Å². The third-order valence-electron chi connectivity index (χ3n) is 2.53. The molecule has 0 atom stereocenters. The Kier molecular flexibility index (Phi) is 4.62. The molecule has 0 aliphatic rings. The quantitative estimate of drug-likeness (QED) is 0.935. The van der Waals surface area contributed by atoms with E-state index in [1.807, 2.05) is 0 Å². The largest absolute Gasteiger partial charge is 0.322 e. The molecule has 2 rings (SSSR count). The molecule has 0 saturated carbocycles. The van der Waals surface area contributed by atoms with Gasteiger partial charge in [-0.25, -0.2) is 9.18 Å². The lowest BCUT2D eigenvalue weighted by Gasteiger charge is -2.17. The summed E-state index contributed by atoms with van der Waals surface area (Å²) in [5.41, 5.74) is 1.19. The van der Waals surface area contributed by atoms with E-state index in [1.54, 1.807) is 25.6 Å². The molecule has 1 aromatic heterocycles. The van der Waals surface area contributed by atoms with Crippen LogP contribution in [-0.2, 0) is 6.54 Å². The molecule has 2 amide bonds. The number of carbonyl (C=O) groups is 1. The first-order chi connectivity index (χ1) is 9.56. The first-order valence-electron chi connectivity index (χ1n) is 5.78. The van der Waals surface area contributed by atoms with Crippen LogP contribution >= 0.6 is 15.9 Å². The first-order valence-corrected chi connectivity index (χ1v) is 6.57. The van der Waals surface area contributed by atoms with Gasteiger partial charge in [-0.3, -0.25) is 9.97 Å². The average molecular weight is 339 g/mol. The molecule has 1 N–H and O–H groups in total. The molecule has 0 aliphatic heterocycles. The molecule has 104 valence electrons. The summed E-state index contributed by atoms with van der Waals surface area (Å²) in [6, 6.07) is 3.97. The molecule has 0 radical (unpaired) electrons. The van der Waals surface area contributed by atoms with Crippen LogP contribution in [0.5, 0.6) is 0 Å². The van der Waals surface area contributed by atoms with Gasteiger partial charge in [-0.05, 0) is 34.1 Å². The van der Waals surface area contributed by atoms with E-state index in [1.165, 1.54) is 23.1 Å².